The van der Waals surface area contributed by atoms with Crippen molar-refractivity contribution in [1.82, 2.24) is 0 Å². The molecule has 27 heavy (non-hydrogen) atoms. The Balaban J connectivity index is 2.06. The Bertz CT molecular complexity index is 1240. The van der Waals surface area contributed by atoms with Crippen molar-refractivity contribution in [2.24, 2.45) is 10.2 Å². The summed E-state index contributed by atoms with van der Waals surface area (Å²) < 4.78 is 66.7. The number of hydrogen-bond acceptors (Lipinski definition) is 7. The molecule has 0 unspecified atom stereocenters. The molecule has 0 aliphatic heterocycles. The molecule has 0 fully saturated rings. The van der Waals surface area contributed by atoms with E-state index < -0.39 is 20.5 Å². The summed E-state index contributed by atoms with van der Waals surface area (Å²) in [6.45, 7) is 0. The molecular weight excluding hydrogens is 396 g/mol. The van der Waals surface area contributed by atoms with Gasteiger partial charge in [-0.2, -0.15) is 21.9 Å². The van der Waals surface area contributed by atoms with Gasteiger partial charge in [-0.05, 0) is 35.7 Å². The van der Waals surface area contributed by atoms with Crippen LogP contribution in [0.25, 0.3) is 10.8 Å². The zero-order valence-corrected chi connectivity index (χ0v) is 15.1. The van der Waals surface area contributed by atoms with Crippen LogP contribution in [0.2, 0.25) is 0 Å². The van der Waals surface area contributed by atoms with E-state index in [1.54, 1.807) is 30.3 Å². The standard InChI is InChI=1S/C16H12N2O7S2/c19-26(20,21)13-8-6-12(7-9-13)17-18-16-14-4-2-1-3-11(14)5-10-15(16)25-27(22,23)24/h1-10H,(H,19,20,21)(H,22,23,24). The van der Waals surface area contributed by atoms with Crippen LogP contribution in [0.4, 0.5) is 11.4 Å². The van der Waals surface area contributed by atoms with Crippen LogP contribution < -0.4 is 4.18 Å². The number of hydrogen-bond donors (Lipinski definition) is 2. The molecular formula is C16H12N2O7S2. The van der Waals surface area contributed by atoms with Crippen LogP contribution in [0.5, 0.6) is 5.75 Å². The molecule has 3 aromatic rings. The highest BCUT2D eigenvalue weighted by molar-refractivity contribution is 7.85. The highest BCUT2D eigenvalue weighted by Gasteiger charge is 2.15. The maximum Gasteiger partial charge on any atom is 0.446 e. The molecule has 0 heterocycles. The minimum atomic E-state index is -4.77. The van der Waals surface area contributed by atoms with Gasteiger partial charge in [-0.15, -0.1) is 5.11 Å². The van der Waals surface area contributed by atoms with E-state index in [0.29, 0.717) is 5.39 Å². The highest BCUT2D eigenvalue weighted by atomic mass is 32.3. The third-order valence-electron chi connectivity index (χ3n) is 3.46. The van der Waals surface area contributed by atoms with Gasteiger partial charge in [0.15, 0.2) is 5.75 Å². The first-order chi connectivity index (χ1) is 12.6. The number of fused-ring (bicyclic) bond motifs is 1. The summed E-state index contributed by atoms with van der Waals surface area (Å²) in [5, 5.41) is 9.18. The van der Waals surface area contributed by atoms with Gasteiger partial charge >= 0.3 is 10.4 Å². The highest BCUT2D eigenvalue weighted by Crippen LogP contribution is 2.37. The van der Waals surface area contributed by atoms with Gasteiger partial charge in [0, 0.05) is 5.39 Å². The largest absolute Gasteiger partial charge is 0.446 e. The van der Waals surface area contributed by atoms with Gasteiger partial charge in [-0.1, -0.05) is 30.3 Å². The summed E-state index contributed by atoms with van der Waals surface area (Å²) >= 11 is 0. The summed E-state index contributed by atoms with van der Waals surface area (Å²) in [4.78, 5) is -0.304. The van der Waals surface area contributed by atoms with Gasteiger partial charge in [-0.25, -0.2) is 0 Å². The molecule has 0 aliphatic rings. The van der Waals surface area contributed by atoms with Crippen molar-refractivity contribution in [3.05, 3.63) is 60.7 Å². The Hall–Kier alpha value is -2.86. The average molecular weight is 408 g/mol. The summed E-state index contributed by atoms with van der Waals surface area (Å²) in [6, 6.07) is 14.7. The molecule has 140 valence electrons. The quantitative estimate of drug-likeness (QED) is 0.484. The Morgan fingerprint density at radius 3 is 2.07 bits per heavy atom. The maximum absolute atomic E-state index is 11.1. The Morgan fingerprint density at radius 2 is 1.44 bits per heavy atom. The van der Waals surface area contributed by atoms with Gasteiger partial charge in [0.1, 0.15) is 5.69 Å². The molecule has 0 aliphatic carbocycles. The van der Waals surface area contributed by atoms with E-state index in [4.69, 9.17) is 9.11 Å². The smallest absolute Gasteiger partial charge is 0.359 e. The summed E-state index contributed by atoms with van der Waals surface area (Å²) in [6.07, 6.45) is 0. The lowest BCUT2D eigenvalue weighted by Crippen LogP contribution is -2.06. The monoisotopic (exact) mass is 408 g/mol. The number of rotatable bonds is 5. The lowest BCUT2D eigenvalue weighted by Gasteiger charge is -2.08. The minimum absolute atomic E-state index is 0.0598. The van der Waals surface area contributed by atoms with E-state index in [1.807, 2.05) is 0 Å². The van der Waals surface area contributed by atoms with E-state index in [1.165, 1.54) is 18.2 Å². The zero-order valence-electron chi connectivity index (χ0n) is 13.4. The molecule has 0 bridgehead atoms. The third kappa shape index (κ3) is 4.65. The Morgan fingerprint density at radius 1 is 0.778 bits per heavy atom. The van der Waals surface area contributed by atoms with Gasteiger partial charge in [0.25, 0.3) is 10.1 Å². The van der Waals surface area contributed by atoms with Crippen LogP contribution in [0, 0.1) is 0 Å². The fraction of sp³-hybridized carbons (Fsp3) is 0. The predicted molar refractivity (Wildman–Crippen MR) is 96.6 cm³/mol. The molecule has 9 nitrogen and oxygen atoms in total. The van der Waals surface area contributed by atoms with Crippen molar-refractivity contribution in [3.8, 4) is 5.75 Å². The first-order valence-corrected chi connectivity index (χ1v) is 10.1. The van der Waals surface area contributed by atoms with Crippen molar-refractivity contribution in [1.29, 1.82) is 0 Å². The topological polar surface area (TPSA) is 143 Å². The van der Waals surface area contributed by atoms with Crippen molar-refractivity contribution in [2.75, 3.05) is 0 Å². The van der Waals surface area contributed by atoms with Crippen molar-refractivity contribution in [3.63, 3.8) is 0 Å². The van der Waals surface area contributed by atoms with Gasteiger partial charge < -0.3 is 4.18 Å². The zero-order chi connectivity index (χ0) is 19.7. The maximum atomic E-state index is 11.1. The van der Waals surface area contributed by atoms with Crippen LogP contribution in [0.15, 0.2) is 75.8 Å². The van der Waals surface area contributed by atoms with Gasteiger partial charge in [-0.3, -0.25) is 9.11 Å². The predicted octanol–water partition coefficient (Wildman–Crippen LogP) is 3.68. The van der Waals surface area contributed by atoms with E-state index >= 15 is 0 Å². The fourth-order valence-corrected chi connectivity index (χ4v) is 3.15. The van der Waals surface area contributed by atoms with Gasteiger partial charge in [0.05, 0.1) is 10.6 Å². The van der Waals surface area contributed by atoms with Crippen LogP contribution in [-0.2, 0) is 20.5 Å². The van der Waals surface area contributed by atoms with Gasteiger partial charge in [0.2, 0.25) is 0 Å². The number of benzene rings is 3. The second-order valence-electron chi connectivity index (χ2n) is 5.31. The second-order valence-corrected chi connectivity index (χ2v) is 7.76. The minimum Gasteiger partial charge on any atom is -0.359 e. The summed E-state index contributed by atoms with van der Waals surface area (Å²) in [5.41, 5.74) is 0.303. The molecule has 3 aromatic carbocycles. The van der Waals surface area contributed by atoms with Crippen LogP contribution >= 0.6 is 0 Å². The summed E-state index contributed by atoms with van der Waals surface area (Å²) in [7, 11) is -9.10. The Kier molecular flexibility index (Phi) is 4.93. The molecule has 0 aromatic heterocycles. The molecule has 0 saturated carbocycles. The number of azo groups is 1. The molecule has 3 rings (SSSR count). The fourth-order valence-electron chi connectivity index (χ4n) is 2.31. The van der Waals surface area contributed by atoms with E-state index in [2.05, 4.69) is 14.4 Å². The lowest BCUT2D eigenvalue weighted by molar-refractivity contribution is 0.387. The molecule has 0 spiro atoms. The van der Waals surface area contributed by atoms with Crippen molar-refractivity contribution >= 4 is 42.7 Å². The molecule has 2 N–H and O–H groups in total. The van der Waals surface area contributed by atoms with E-state index in [9.17, 15) is 16.8 Å². The molecule has 0 radical (unpaired) electrons. The van der Waals surface area contributed by atoms with E-state index in [0.717, 1.165) is 17.5 Å². The lowest BCUT2D eigenvalue weighted by atomic mass is 10.1. The van der Waals surface area contributed by atoms with Crippen LogP contribution in [0.3, 0.4) is 0 Å². The SMILES string of the molecule is O=S(=O)(O)Oc1ccc2ccccc2c1N=Nc1ccc(S(=O)(=O)O)cc1. The molecule has 0 amide bonds. The first kappa shape index (κ1) is 18.9. The number of nitrogens with zero attached hydrogens (tertiary/aromatic N) is 2. The Labute approximate surface area is 154 Å². The molecule has 0 saturated heterocycles. The van der Waals surface area contributed by atoms with Crippen LogP contribution in [-0.4, -0.2) is 25.9 Å². The summed E-state index contributed by atoms with van der Waals surface area (Å²) in [5.74, 6) is -0.227. The first-order valence-electron chi connectivity index (χ1n) is 7.31. The average Bonchev–Trinajstić information content (AvgIpc) is 2.59. The molecule has 0 atom stereocenters. The van der Waals surface area contributed by atoms with Crippen LogP contribution in [0.1, 0.15) is 0 Å². The van der Waals surface area contributed by atoms with Crippen molar-refractivity contribution < 1.29 is 30.1 Å². The second kappa shape index (κ2) is 7.04. The molecule has 11 heteroatoms. The van der Waals surface area contributed by atoms with E-state index in [-0.39, 0.29) is 22.0 Å². The third-order valence-corrected chi connectivity index (χ3v) is 4.72. The normalized spacial score (nSPS) is 12.5. The van der Waals surface area contributed by atoms with Crippen molar-refractivity contribution in [2.45, 2.75) is 4.90 Å².